The van der Waals surface area contributed by atoms with Gasteiger partial charge >= 0.3 is 0 Å². The first-order valence-corrected chi connectivity index (χ1v) is 8.06. The molecular weight excluding hydrogens is 322 g/mol. The Morgan fingerprint density at radius 2 is 2.20 bits per heavy atom. The fraction of sp³-hybridized carbons (Fsp3) is 0.786. The van der Waals surface area contributed by atoms with Gasteiger partial charge in [0.1, 0.15) is 0 Å². The Bertz CT molecular complexity index is 405. The normalized spacial score (nSPS) is 20.0. The number of hydrogen-bond donors (Lipinski definition) is 1. The van der Waals surface area contributed by atoms with Crippen LogP contribution in [-0.4, -0.2) is 41.7 Å². The average molecular weight is 346 g/mol. The van der Waals surface area contributed by atoms with Crippen LogP contribution < -0.4 is 5.32 Å². The third-order valence-corrected chi connectivity index (χ3v) is 4.53. The van der Waals surface area contributed by atoms with Gasteiger partial charge in [0.2, 0.25) is 0 Å². The van der Waals surface area contributed by atoms with Crippen molar-refractivity contribution in [2.75, 3.05) is 26.4 Å². The second-order valence-corrected chi connectivity index (χ2v) is 5.96. The maximum Gasteiger partial charge on any atom is 0.0935 e. The second-order valence-electron chi connectivity index (χ2n) is 5.10. The molecule has 0 aliphatic carbocycles. The van der Waals surface area contributed by atoms with E-state index in [4.69, 9.17) is 9.47 Å². The van der Waals surface area contributed by atoms with Crippen LogP contribution in [0.2, 0.25) is 0 Å². The first kappa shape index (κ1) is 15.9. The molecule has 114 valence electrons. The van der Waals surface area contributed by atoms with E-state index in [9.17, 15) is 0 Å². The maximum absolute atomic E-state index is 6.21. The minimum absolute atomic E-state index is 0.109. The first-order chi connectivity index (χ1) is 9.64. The van der Waals surface area contributed by atoms with Crippen LogP contribution >= 0.6 is 15.9 Å². The fourth-order valence-corrected chi connectivity index (χ4v) is 3.58. The third-order valence-electron chi connectivity index (χ3n) is 3.92. The van der Waals surface area contributed by atoms with Gasteiger partial charge in [0, 0.05) is 39.7 Å². The Morgan fingerprint density at radius 3 is 2.70 bits per heavy atom. The smallest absolute Gasteiger partial charge is 0.0935 e. The van der Waals surface area contributed by atoms with Gasteiger partial charge in [-0.15, -0.1) is 0 Å². The lowest BCUT2D eigenvalue weighted by molar-refractivity contribution is -0.129. The van der Waals surface area contributed by atoms with Crippen molar-refractivity contribution in [2.24, 2.45) is 7.05 Å². The van der Waals surface area contributed by atoms with Gasteiger partial charge in [-0.1, -0.05) is 6.92 Å². The molecule has 20 heavy (non-hydrogen) atoms. The van der Waals surface area contributed by atoms with Crippen LogP contribution in [-0.2, 0) is 16.5 Å². The molecule has 1 aliphatic heterocycles. The summed E-state index contributed by atoms with van der Waals surface area (Å²) in [5.74, 6) is 0. The molecule has 2 heterocycles. The van der Waals surface area contributed by atoms with Gasteiger partial charge in [-0.05, 0) is 29.4 Å². The van der Waals surface area contributed by atoms with Crippen LogP contribution in [0.1, 0.15) is 38.4 Å². The summed E-state index contributed by atoms with van der Waals surface area (Å²) in [6, 6.07) is 0.109. The van der Waals surface area contributed by atoms with E-state index in [-0.39, 0.29) is 11.6 Å². The van der Waals surface area contributed by atoms with E-state index in [2.05, 4.69) is 40.2 Å². The Morgan fingerprint density at radius 1 is 1.50 bits per heavy atom. The van der Waals surface area contributed by atoms with E-state index in [0.717, 1.165) is 42.8 Å². The lowest BCUT2D eigenvalue weighted by Gasteiger charge is -2.43. The van der Waals surface area contributed by atoms with E-state index in [0.29, 0.717) is 6.61 Å². The maximum atomic E-state index is 6.21. The van der Waals surface area contributed by atoms with E-state index < -0.39 is 0 Å². The van der Waals surface area contributed by atoms with Crippen molar-refractivity contribution < 1.29 is 9.47 Å². The van der Waals surface area contributed by atoms with Crippen molar-refractivity contribution in [1.82, 2.24) is 15.1 Å². The van der Waals surface area contributed by atoms with Crippen molar-refractivity contribution in [3.05, 3.63) is 16.4 Å². The number of halogens is 1. The lowest BCUT2D eigenvalue weighted by atomic mass is 9.84. The van der Waals surface area contributed by atoms with Gasteiger partial charge < -0.3 is 14.8 Å². The zero-order chi connectivity index (χ0) is 14.6. The number of nitrogens with zero attached hydrogens (tertiary/aromatic N) is 2. The summed E-state index contributed by atoms with van der Waals surface area (Å²) in [6.45, 7) is 7.26. The standard InChI is InChI=1S/C14H24BrN3O2/c1-4-16-13(12-11(15)10-17-18(12)3)14(20-5-2)6-8-19-9-7-14/h10,13,16H,4-9H2,1-3H3. The van der Waals surface area contributed by atoms with Crippen LogP contribution in [0, 0.1) is 0 Å². The molecule has 1 aromatic heterocycles. The summed E-state index contributed by atoms with van der Waals surface area (Å²) >= 11 is 3.62. The van der Waals surface area contributed by atoms with Crippen molar-refractivity contribution in [3.8, 4) is 0 Å². The zero-order valence-electron chi connectivity index (χ0n) is 12.5. The van der Waals surface area contributed by atoms with Crippen molar-refractivity contribution in [3.63, 3.8) is 0 Å². The number of nitrogens with one attached hydrogen (secondary N) is 1. The lowest BCUT2D eigenvalue weighted by Crippen LogP contribution is -2.50. The van der Waals surface area contributed by atoms with Gasteiger partial charge in [0.15, 0.2) is 0 Å². The highest BCUT2D eigenvalue weighted by molar-refractivity contribution is 9.10. The molecule has 0 aromatic carbocycles. The van der Waals surface area contributed by atoms with Crippen LogP contribution in [0.15, 0.2) is 10.7 Å². The van der Waals surface area contributed by atoms with E-state index in [1.165, 1.54) is 0 Å². The summed E-state index contributed by atoms with van der Waals surface area (Å²) in [7, 11) is 1.98. The number of aryl methyl sites for hydroxylation is 1. The Hall–Kier alpha value is -0.430. The molecule has 1 unspecified atom stereocenters. The van der Waals surface area contributed by atoms with Crippen molar-refractivity contribution in [2.45, 2.75) is 38.3 Å². The molecule has 1 saturated heterocycles. The molecule has 1 aromatic rings. The summed E-state index contributed by atoms with van der Waals surface area (Å²) in [6.07, 6.45) is 3.64. The van der Waals surface area contributed by atoms with Gasteiger partial charge in [-0.25, -0.2) is 0 Å². The second kappa shape index (κ2) is 7.02. The molecule has 2 rings (SSSR count). The highest BCUT2D eigenvalue weighted by atomic mass is 79.9. The Labute approximate surface area is 129 Å². The molecule has 5 nitrogen and oxygen atoms in total. The van der Waals surface area contributed by atoms with Crippen LogP contribution in [0.4, 0.5) is 0 Å². The predicted molar refractivity (Wildman–Crippen MR) is 81.7 cm³/mol. The molecule has 1 aliphatic rings. The number of rotatable bonds is 6. The topological polar surface area (TPSA) is 48.3 Å². The molecule has 1 fully saturated rings. The van der Waals surface area contributed by atoms with Crippen LogP contribution in [0.3, 0.4) is 0 Å². The highest BCUT2D eigenvalue weighted by Gasteiger charge is 2.43. The average Bonchev–Trinajstić information content (AvgIpc) is 2.77. The number of likely N-dealkylation sites (N-methyl/N-ethyl adjacent to an activating group) is 1. The number of aromatic nitrogens is 2. The predicted octanol–water partition coefficient (Wildman–Crippen LogP) is 2.42. The van der Waals surface area contributed by atoms with Crippen molar-refractivity contribution in [1.29, 1.82) is 0 Å². The minimum Gasteiger partial charge on any atom is -0.381 e. The van der Waals surface area contributed by atoms with Crippen LogP contribution in [0.25, 0.3) is 0 Å². The van der Waals surface area contributed by atoms with Gasteiger partial charge in [-0.2, -0.15) is 5.10 Å². The molecule has 1 atom stereocenters. The molecule has 6 heteroatoms. The Balaban J connectivity index is 2.38. The summed E-state index contributed by atoms with van der Waals surface area (Å²) < 4.78 is 14.7. The molecule has 1 N–H and O–H groups in total. The van der Waals surface area contributed by atoms with E-state index >= 15 is 0 Å². The number of hydrogen-bond acceptors (Lipinski definition) is 4. The van der Waals surface area contributed by atoms with Crippen LogP contribution in [0.5, 0.6) is 0 Å². The van der Waals surface area contributed by atoms with Gasteiger partial charge in [0.05, 0.1) is 28.0 Å². The summed E-state index contributed by atoms with van der Waals surface area (Å²) in [5, 5.41) is 7.94. The molecule has 0 amide bonds. The van der Waals surface area contributed by atoms with E-state index in [1.54, 1.807) is 0 Å². The monoisotopic (exact) mass is 345 g/mol. The summed E-state index contributed by atoms with van der Waals surface area (Å²) in [5.41, 5.74) is 0.918. The molecule has 0 bridgehead atoms. The minimum atomic E-state index is -0.223. The number of ether oxygens (including phenoxy) is 2. The Kier molecular flexibility index (Phi) is 5.60. The molecule has 0 saturated carbocycles. The van der Waals surface area contributed by atoms with Crippen molar-refractivity contribution >= 4 is 15.9 Å². The highest BCUT2D eigenvalue weighted by Crippen LogP contribution is 2.40. The molecular formula is C14H24BrN3O2. The van der Waals surface area contributed by atoms with E-state index in [1.807, 2.05) is 17.9 Å². The fourth-order valence-electron chi connectivity index (χ4n) is 3.00. The largest absolute Gasteiger partial charge is 0.381 e. The molecule has 0 spiro atoms. The van der Waals surface area contributed by atoms with Gasteiger partial charge in [0.25, 0.3) is 0 Å². The SMILES string of the molecule is CCNC(c1c(Br)cnn1C)C1(OCC)CCOCC1. The summed E-state index contributed by atoms with van der Waals surface area (Å²) in [4.78, 5) is 0. The zero-order valence-corrected chi connectivity index (χ0v) is 14.1. The van der Waals surface area contributed by atoms with Gasteiger partial charge in [-0.3, -0.25) is 4.68 Å². The quantitative estimate of drug-likeness (QED) is 0.860. The first-order valence-electron chi connectivity index (χ1n) is 7.27. The molecule has 0 radical (unpaired) electrons. The third kappa shape index (κ3) is 3.08.